The van der Waals surface area contributed by atoms with Crippen molar-refractivity contribution in [2.75, 3.05) is 19.7 Å². The predicted molar refractivity (Wildman–Crippen MR) is 76.5 cm³/mol. The first-order valence-electron chi connectivity index (χ1n) is 6.95. The summed E-state index contributed by atoms with van der Waals surface area (Å²) in [5.41, 5.74) is 0.816. The summed E-state index contributed by atoms with van der Waals surface area (Å²) >= 11 is 1.55. The summed E-state index contributed by atoms with van der Waals surface area (Å²) in [5.74, 6) is -0.316. The predicted octanol–water partition coefficient (Wildman–Crippen LogP) is 1.80. The molecule has 5 nitrogen and oxygen atoms in total. The van der Waals surface area contributed by atoms with E-state index in [1.807, 2.05) is 12.3 Å². The van der Waals surface area contributed by atoms with Gasteiger partial charge in [-0.05, 0) is 26.7 Å². The maximum atomic E-state index is 12.2. The van der Waals surface area contributed by atoms with Crippen LogP contribution < -0.4 is 0 Å². The summed E-state index contributed by atoms with van der Waals surface area (Å²) in [6, 6.07) is 0. The Morgan fingerprint density at radius 1 is 1.55 bits per heavy atom. The molecule has 1 aromatic heterocycles. The Morgan fingerprint density at radius 3 is 3.00 bits per heavy atom. The third-order valence-corrected chi connectivity index (χ3v) is 4.22. The van der Waals surface area contributed by atoms with Crippen LogP contribution in [0.3, 0.4) is 0 Å². The molecule has 2 rings (SSSR count). The van der Waals surface area contributed by atoms with E-state index in [4.69, 9.17) is 4.74 Å². The Morgan fingerprint density at radius 2 is 2.35 bits per heavy atom. The average molecular weight is 296 g/mol. The van der Waals surface area contributed by atoms with E-state index in [0.717, 1.165) is 30.1 Å². The van der Waals surface area contributed by atoms with Crippen molar-refractivity contribution in [3.8, 4) is 0 Å². The van der Waals surface area contributed by atoms with Crippen LogP contribution in [0, 0.1) is 12.8 Å². The number of nitrogens with zero attached hydrogens (tertiary/aromatic N) is 2. The minimum atomic E-state index is -0.186. The summed E-state index contributed by atoms with van der Waals surface area (Å²) in [4.78, 5) is 30.1. The van der Waals surface area contributed by atoms with E-state index in [2.05, 4.69) is 4.98 Å². The summed E-state index contributed by atoms with van der Waals surface area (Å²) in [7, 11) is 0. The third kappa shape index (κ3) is 3.79. The molecule has 0 bridgehead atoms. The number of hydrogen-bond acceptors (Lipinski definition) is 5. The number of ether oxygens (including phenoxy) is 1. The lowest BCUT2D eigenvalue weighted by molar-refractivity contribution is -0.151. The molecule has 1 aliphatic rings. The molecule has 0 saturated carbocycles. The second kappa shape index (κ2) is 6.83. The standard InChI is InChI=1S/C14H20N2O3S/c1-3-19-14(18)11-5-4-6-16(8-11)13(17)7-12-9-20-10(2)15-12/h9,11H,3-8H2,1-2H3/t11-/m1/s1. The first-order chi connectivity index (χ1) is 9.60. The van der Waals surface area contributed by atoms with Gasteiger partial charge in [-0.3, -0.25) is 9.59 Å². The average Bonchev–Trinajstić information content (AvgIpc) is 2.84. The van der Waals surface area contributed by atoms with Gasteiger partial charge in [0.25, 0.3) is 0 Å². The van der Waals surface area contributed by atoms with E-state index in [0.29, 0.717) is 19.6 Å². The van der Waals surface area contributed by atoms with Crippen molar-refractivity contribution in [2.45, 2.75) is 33.1 Å². The van der Waals surface area contributed by atoms with Gasteiger partial charge in [-0.2, -0.15) is 0 Å². The quantitative estimate of drug-likeness (QED) is 0.795. The number of aryl methyl sites for hydroxylation is 1. The Hall–Kier alpha value is -1.43. The SMILES string of the molecule is CCOC(=O)[C@@H]1CCCN(C(=O)Cc2csc(C)n2)C1. The van der Waals surface area contributed by atoms with Gasteiger partial charge in [0.05, 0.1) is 29.6 Å². The molecule has 1 aliphatic heterocycles. The number of carbonyl (C=O) groups is 2. The topological polar surface area (TPSA) is 59.5 Å². The highest BCUT2D eigenvalue weighted by atomic mass is 32.1. The summed E-state index contributed by atoms with van der Waals surface area (Å²) in [6.45, 7) is 5.31. The van der Waals surface area contributed by atoms with Gasteiger partial charge in [0, 0.05) is 18.5 Å². The van der Waals surface area contributed by atoms with Crippen molar-refractivity contribution in [3.05, 3.63) is 16.1 Å². The van der Waals surface area contributed by atoms with Crippen molar-refractivity contribution in [1.82, 2.24) is 9.88 Å². The van der Waals surface area contributed by atoms with Gasteiger partial charge in [0.2, 0.25) is 5.91 Å². The van der Waals surface area contributed by atoms with Crippen molar-refractivity contribution in [1.29, 1.82) is 0 Å². The summed E-state index contributed by atoms with van der Waals surface area (Å²) in [6.07, 6.45) is 1.98. The van der Waals surface area contributed by atoms with Gasteiger partial charge in [0.15, 0.2) is 0 Å². The number of rotatable bonds is 4. The fraction of sp³-hybridized carbons (Fsp3) is 0.643. The molecular formula is C14H20N2O3S. The van der Waals surface area contributed by atoms with E-state index in [1.165, 1.54) is 0 Å². The minimum absolute atomic E-state index is 0.0456. The highest BCUT2D eigenvalue weighted by molar-refractivity contribution is 7.09. The van der Waals surface area contributed by atoms with Gasteiger partial charge in [-0.1, -0.05) is 0 Å². The first kappa shape index (κ1) is 15.0. The molecule has 1 aromatic rings. The van der Waals surface area contributed by atoms with Crippen LogP contribution in [-0.4, -0.2) is 41.5 Å². The van der Waals surface area contributed by atoms with Gasteiger partial charge in [-0.15, -0.1) is 11.3 Å². The molecule has 20 heavy (non-hydrogen) atoms. The Kier molecular flexibility index (Phi) is 5.11. The van der Waals surface area contributed by atoms with Crippen LogP contribution in [0.25, 0.3) is 0 Å². The van der Waals surface area contributed by atoms with Gasteiger partial charge >= 0.3 is 5.97 Å². The molecule has 0 aliphatic carbocycles. The van der Waals surface area contributed by atoms with Gasteiger partial charge < -0.3 is 9.64 Å². The lowest BCUT2D eigenvalue weighted by Gasteiger charge is -2.31. The number of thiazole rings is 1. The molecular weight excluding hydrogens is 276 g/mol. The molecule has 2 heterocycles. The maximum absolute atomic E-state index is 12.2. The van der Waals surface area contributed by atoms with Crippen LogP contribution in [0.1, 0.15) is 30.5 Å². The van der Waals surface area contributed by atoms with Crippen LogP contribution >= 0.6 is 11.3 Å². The number of amides is 1. The molecule has 0 aromatic carbocycles. The Labute approximate surface area is 122 Å². The molecule has 0 radical (unpaired) electrons. The van der Waals surface area contributed by atoms with E-state index in [1.54, 1.807) is 23.2 Å². The number of carbonyl (C=O) groups excluding carboxylic acids is 2. The monoisotopic (exact) mass is 296 g/mol. The highest BCUT2D eigenvalue weighted by Gasteiger charge is 2.29. The largest absolute Gasteiger partial charge is 0.466 e. The fourth-order valence-corrected chi connectivity index (χ4v) is 3.02. The van der Waals surface area contributed by atoms with Crippen LogP contribution in [-0.2, 0) is 20.7 Å². The Balaban J connectivity index is 1.91. The van der Waals surface area contributed by atoms with E-state index < -0.39 is 0 Å². The molecule has 0 spiro atoms. The van der Waals surface area contributed by atoms with Crippen LogP contribution in [0.5, 0.6) is 0 Å². The molecule has 0 unspecified atom stereocenters. The zero-order valence-electron chi connectivity index (χ0n) is 11.9. The molecule has 1 atom stereocenters. The van der Waals surface area contributed by atoms with Crippen LogP contribution in [0.2, 0.25) is 0 Å². The molecule has 110 valence electrons. The maximum Gasteiger partial charge on any atom is 0.310 e. The van der Waals surface area contributed by atoms with Crippen molar-refractivity contribution in [2.24, 2.45) is 5.92 Å². The zero-order valence-corrected chi connectivity index (χ0v) is 12.7. The van der Waals surface area contributed by atoms with Crippen molar-refractivity contribution < 1.29 is 14.3 Å². The number of esters is 1. The molecule has 1 amide bonds. The molecule has 1 fully saturated rings. The first-order valence-corrected chi connectivity index (χ1v) is 7.83. The number of piperidine rings is 1. The minimum Gasteiger partial charge on any atom is -0.466 e. The Bertz CT molecular complexity index is 487. The summed E-state index contributed by atoms with van der Waals surface area (Å²) in [5, 5.41) is 2.89. The lowest BCUT2D eigenvalue weighted by atomic mass is 9.98. The number of likely N-dealkylation sites (tertiary alicyclic amines) is 1. The zero-order chi connectivity index (χ0) is 14.5. The molecule has 1 saturated heterocycles. The fourth-order valence-electron chi connectivity index (χ4n) is 2.41. The third-order valence-electron chi connectivity index (χ3n) is 3.39. The highest BCUT2D eigenvalue weighted by Crippen LogP contribution is 2.19. The van der Waals surface area contributed by atoms with Crippen molar-refractivity contribution in [3.63, 3.8) is 0 Å². The second-order valence-electron chi connectivity index (χ2n) is 4.97. The molecule has 6 heteroatoms. The summed E-state index contributed by atoms with van der Waals surface area (Å²) < 4.78 is 5.04. The lowest BCUT2D eigenvalue weighted by Crippen LogP contribution is -2.43. The smallest absolute Gasteiger partial charge is 0.310 e. The second-order valence-corrected chi connectivity index (χ2v) is 6.03. The van der Waals surface area contributed by atoms with Crippen LogP contribution in [0.4, 0.5) is 0 Å². The van der Waals surface area contributed by atoms with E-state index >= 15 is 0 Å². The van der Waals surface area contributed by atoms with E-state index in [-0.39, 0.29) is 17.8 Å². The van der Waals surface area contributed by atoms with E-state index in [9.17, 15) is 9.59 Å². The van der Waals surface area contributed by atoms with Crippen LogP contribution in [0.15, 0.2) is 5.38 Å². The normalized spacial score (nSPS) is 18.9. The number of aromatic nitrogens is 1. The van der Waals surface area contributed by atoms with Crippen molar-refractivity contribution >= 4 is 23.2 Å². The molecule has 0 N–H and O–H groups in total. The number of hydrogen-bond donors (Lipinski definition) is 0. The van der Waals surface area contributed by atoms with Gasteiger partial charge in [-0.25, -0.2) is 4.98 Å². The van der Waals surface area contributed by atoms with Gasteiger partial charge in [0.1, 0.15) is 0 Å².